The van der Waals surface area contributed by atoms with Crippen molar-refractivity contribution in [3.63, 3.8) is 0 Å². The zero-order valence-corrected chi connectivity index (χ0v) is 18.5. The van der Waals surface area contributed by atoms with Gasteiger partial charge in [-0.1, -0.05) is 23.7 Å². The minimum absolute atomic E-state index is 0.0126. The average molecular weight is 486 g/mol. The summed E-state index contributed by atoms with van der Waals surface area (Å²) < 4.78 is 34.4. The van der Waals surface area contributed by atoms with Gasteiger partial charge in [0.1, 0.15) is 11.3 Å². The Bertz CT molecular complexity index is 1470. The fourth-order valence-electron chi connectivity index (χ4n) is 3.59. The first kappa shape index (κ1) is 23.2. The monoisotopic (exact) mass is 485 g/mol. The predicted molar refractivity (Wildman–Crippen MR) is 125 cm³/mol. The summed E-state index contributed by atoms with van der Waals surface area (Å²) in [5, 5.41) is 12.2. The van der Waals surface area contributed by atoms with Crippen molar-refractivity contribution in [3.05, 3.63) is 86.7 Å². The third kappa shape index (κ3) is 4.55. The molecule has 0 amide bonds. The van der Waals surface area contributed by atoms with Gasteiger partial charge >= 0.3 is 5.97 Å². The molecule has 0 saturated carbocycles. The number of aromatic carboxylic acids is 1. The topological polar surface area (TPSA) is 104 Å². The molecule has 4 rings (SSSR count). The van der Waals surface area contributed by atoms with Gasteiger partial charge in [0.2, 0.25) is 5.95 Å². The van der Waals surface area contributed by atoms with Crippen molar-refractivity contribution in [1.29, 1.82) is 0 Å². The molecule has 0 aliphatic carbocycles. The maximum atomic E-state index is 14.3. The maximum Gasteiger partial charge on any atom is 0.335 e. The SMILES string of the molecule is CNc1nc2c(F)c(F)cc(CCOc3ccc(Cl)cc3-c3cccc(C(=O)O)c3)c2c(=O)[nH]1. The van der Waals surface area contributed by atoms with Crippen LogP contribution in [-0.4, -0.2) is 34.7 Å². The first-order valence-electron chi connectivity index (χ1n) is 10.1. The second-order valence-electron chi connectivity index (χ2n) is 7.34. The highest BCUT2D eigenvalue weighted by Gasteiger charge is 2.18. The van der Waals surface area contributed by atoms with Crippen molar-refractivity contribution in [2.75, 3.05) is 19.0 Å². The Balaban J connectivity index is 1.65. The molecule has 7 nitrogen and oxygen atoms in total. The van der Waals surface area contributed by atoms with Gasteiger partial charge in [-0.25, -0.2) is 18.6 Å². The van der Waals surface area contributed by atoms with E-state index in [0.717, 1.165) is 6.07 Å². The van der Waals surface area contributed by atoms with Gasteiger partial charge in [0.15, 0.2) is 11.6 Å². The van der Waals surface area contributed by atoms with E-state index in [4.69, 9.17) is 16.3 Å². The number of halogens is 3. The van der Waals surface area contributed by atoms with E-state index in [1.165, 1.54) is 19.2 Å². The molecular weight excluding hydrogens is 468 g/mol. The average Bonchev–Trinajstić information content (AvgIpc) is 2.82. The molecule has 0 spiro atoms. The lowest BCUT2D eigenvalue weighted by atomic mass is 10.0. The van der Waals surface area contributed by atoms with Crippen molar-refractivity contribution in [2.45, 2.75) is 6.42 Å². The van der Waals surface area contributed by atoms with Gasteiger partial charge in [0.05, 0.1) is 17.6 Å². The molecule has 4 aromatic rings. The van der Waals surface area contributed by atoms with Crippen LogP contribution in [0.15, 0.2) is 53.3 Å². The van der Waals surface area contributed by atoms with E-state index < -0.39 is 23.2 Å². The number of hydrogen-bond donors (Lipinski definition) is 3. The molecule has 34 heavy (non-hydrogen) atoms. The Labute approximate surface area is 197 Å². The van der Waals surface area contributed by atoms with Crippen molar-refractivity contribution in [3.8, 4) is 16.9 Å². The molecule has 1 aromatic heterocycles. The summed E-state index contributed by atoms with van der Waals surface area (Å²) in [4.78, 5) is 30.3. The highest BCUT2D eigenvalue weighted by Crippen LogP contribution is 2.33. The van der Waals surface area contributed by atoms with Gasteiger partial charge in [0.25, 0.3) is 5.56 Å². The van der Waals surface area contributed by atoms with Gasteiger partial charge in [0, 0.05) is 24.1 Å². The Morgan fingerprint density at radius 2 is 2.00 bits per heavy atom. The Hall–Kier alpha value is -3.98. The van der Waals surface area contributed by atoms with Crippen molar-refractivity contribution in [1.82, 2.24) is 9.97 Å². The van der Waals surface area contributed by atoms with Gasteiger partial charge in [-0.05, 0) is 47.5 Å². The number of aromatic nitrogens is 2. The highest BCUT2D eigenvalue weighted by atomic mass is 35.5. The van der Waals surface area contributed by atoms with Crippen molar-refractivity contribution < 1.29 is 23.4 Å². The standard InChI is InChI=1S/C24H18ClF2N3O4/c1-28-24-29-21-19(22(31)30-24)13(10-17(26)20(21)27)7-8-34-18-6-5-15(25)11-16(18)12-3-2-4-14(9-12)23(32)33/h2-6,9-11H,7-8H2,1H3,(H,32,33)(H2,28,29,30,31). The zero-order valence-electron chi connectivity index (χ0n) is 17.8. The van der Waals surface area contributed by atoms with Crippen LogP contribution in [0.4, 0.5) is 14.7 Å². The van der Waals surface area contributed by atoms with E-state index in [9.17, 15) is 23.5 Å². The van der Waals surface area contributed by atoms with Gasteiger partial charge in [-0.15, -0.1) is 0 Å². The fraction of sp³-hybridized carbons (Fsp3) is 0.125. The van der Waals surface area contributed by atoms with Crippen LogP contribution < -0.4 is 15.6 Å². The van der Waals surface area contributed by atoms with Gasteiger partial charge < -0.3 is 15.2 Å². The lowest BCUT2D eigenvalue weighted by Gasteiger charge is -2.14. The maximum absolute atomic E-state index is 14.3. The van der Waals surface area contributed by atoms with Crippen LogP contribution in [0.2, 0.25) is 5.02 Å². The Morgan fingerprint density at radius 1 is 1.21 bits per heavy atom. The summed E-state index contributed by atoms with van der Waals surface area (Å²) in [7, 11) is 1.49. The second-order valence-corrected chi connectivity index (χ2v) is 7.78. The fourth-order valence-corrected chi connectivity index (χ4v) is 3.76. The molecule has 0 bridgehead atoms. The van der Waals surface area contributed by atoms with E-state index >= 15 is 0 Å². The molecular formula is C24H18ClF2N3O4. The lowest BCUT2D eigenvalue weighted by molar-refractivity contribution is 0.0697. The quantitative estimate of drug-likeness (QED) is 0.344. The summed E-state index contributed by atoms with van der Waals surface area (Å²) in [6.45, 7) is 0.0145. The van der Waals surface area contributed by atoms with E-state index in [1.54, 1.807) is 30.3 Å². The molecule has 3 aromatic carbocycles. The number of carbonyl (C=O) groups is 1. The molecule has 0 aliphatic rings. The second kappa shape index (κ2) is 9.48. The summed E-state index contributed by atoms with van der Waals surface area (Å²) >= 11 is 6.14. The van der Waals surface area contributed by atoms with Crippen LogP contribution in [0.1, 0.15) is 15.9 Å². The first-order chi connectivity index (χ1) is 16.3. The van der Waals surface area contributed by atoms with Crippen LogP contribution in [0.25, 0.3) is 22.0 Å². The number of carboxylic acids is 1. The lowest BCUT2D eigenvalue weighted by Crippen LogP contribution is -2.16. The third-order valence-corrected chi connectivity index (χ3v) is 5.42. The highest BCUT2D eigenvalue weighted by molar-refractivity contribution is 6.31. The minimum Gasteiger partial charge on any atom is -0.493 e. The Kier molecular flexibility index (Phi) is 6.47. The smallest absolute Gasteiger partial charge is 0.335 e. The number of aromatic amines is 1. The van der Waals surface area contributed by atoms with Crippen LogP contribution >= 0.6 is 11.6 Å². The van der Waals surface area contributed by atoms with E-state index in [0.29, 0.717) is 21.9 Å². The summed E-state index contributed by atoms with van der Waals surface area (Å²) in [5.41, 5.74) is 0.486. The number of carboxylic acid groups (broad SMARTS) is 1. The van der Waals surface area contributed by atoms with Crippen LogP contribution in [0.3, 0.4) is 0 Å². The number of H-pyrrole nitrogens is 1. The number of anilines is 1. The summed E-state index contributed by atoms with van der Waals surface area (Å²) in [6.07, 6.45) is 0.0780. The van der Waals surface area contributed by atoms with Crippen LogP contribution in [-0.2, 0) is 6.42 Å². The van der Waals surface area contributed by atoms with E-state index in [1.807, 2.05) is 0 Å². The molecule has 174 valence electrons. The first-order valence-corrected chi connectivity index (χ1v) is 10.5. The molecule has 3 N–H and O–H groups in total. The van der Waals surface area contributed by atoms with Gasteiger partial charge in [-0.2, -0.15) is 0 Å². The van der Waals surface area contributed by atoms with Crippen molar-refractivity contribution >= 4 is 34.4 Å². The third-order valence-electron chi connectivity index (χ3n) is 5.19. The van der Waals surface area contributed by atoms with E-state index in [-0.39, 0.29) is 41.0 Å². The summed E-state index contributed by atoms with van der Waals surface area (Å²) in [5.74, 6) is -2.99. The van der Waals surface area contributed by atoms with E-state index in [2.05, 4.69) is 15.3 Å². The van der Waals surface area contributed by atoms with Crippen LogP contribution in [0.5, 0.6) is 5.75 Å². The molecule has 0 fully saturated rings. The van der Waals surface area contributed by atoms with Crippen LogP contribution in [0, 0.1) is 11.6 Å². The van der Waals surface area contributed by atoms with Gasteiger partial charge in [-0.3, -0.25) is 9.78 Å². The molecule has 0 unspecified atom stereocenters. The number of rotatable bonds is 7. The summed E-state index contributed by atoms with van der Waals surface area (Å²) in [6, 6.07) is 12.1. The zero-order chi connectivity index (χ0) is 24.4. The molecule has 0 atom stereocenters. The normalized spacial score (nSPS) is 10.9. The number of fused-ring (bicyclic) bond motifs is 1. The Morgan fingerprint density at radius 3 is 2.74 bits per heavy atom. The molecule has 0 radical (unpaired) electrons. The largest absolute Gasteiger partial charge is 0.493 e. The molecule has 0 aliphatic heterocycles. The predicted octanol–water partition coefficient (Wildman–Crippen LogP) is 4.88. The number of nitrogens with one attached hydrogen (secondary N) is 2. The number of ether oxygens (including phenoxy) is 1. The minimum atomic E-state index is -1.21. The number of hydrogen-bond acceptors (Lipinski definition) is 5. The number of benzene rings is 3. The number of nitrogens with zero attached hydrogens (tertiary/aromatic N) is 1. The van der Waals surface area contributed by atoms with Crippen molar-refractivity contribution in [2.24, 2.45) is 0 Å². The molecule has 10 heteroatoms. The molecule has 1 heterocycles. The molecule has 0 saturated heterocycles.